The van der Waals surface area contributed by atoms with Crippen molar-refractivity contribution < 1.29 is 9.47 Å². The molecule has 1 atom stereocenters. The fourth-order valence-corrected chi connectivity index (χ4v) is 3.19. The molecule has 0 bridgehead atoms. The summed E-state index contributed by atoms with van der Waals surface area (Å²) in [4.78, 5) is 6.97. The molecule has 0 saturated carbocycles. The number of guanidine groups is 1. The molecule has 6 nitrogen and oxygen atoms in total. The van der Waals surface area contributed by atoms with Gasteiger partial charge in [-0.05, 0) is 56.8 Å². The van der Waals surface area contributed by atoms with Gasteiger partial charge in [-0.15, -0.1) is 24.0 Å². The molecule has 2 rings (SSSR count). The van der Waals surface area contributed by atoms with Crippen LogP contribution in [-0.4, -0.2) is 50.8 Å². The van der Waals surface area contributed by atoms with E-state index >= 15 is 0 Å². The topological polar surface area (TPSA) is 72.1 Å². The normalized spacial score (nSPS) is 18.3. The molecule has 0 aromatic heterocycles. The number of hydrogen-bond donors (Lipinski definition) is 2. The molecule has 26 heavy (non-hydrogen) atoms. The van der Waals surface area contributed by atoms with Gasteiger partial charge < -0.3 is 25.4 Å². The number of hydrogen-bond acceptors (Lipinski definition) is 4. The summed E-state index contributed by atoms with van der Waals surface area (Å²) in [6.07, 6.45) is 2.51. The average molecular weight is 476 g/mol. The number of rotatable bonds is 7. The molecular weight excluding hydrogens is 443 g/mol. The standard InChI is InChI=1S/C19H32N4O2.HI/c1-14(2)23-9-5-6-16(13-23)12-22-19(20)21-11-15-7-8-17(24-3)18(10-15)25-4;/h7-8,10,14,16H,5-6,9,11-13H2,1-4H3,(H3,20,21,22);1H. The Balaban J connectivity index is 0.00000338. The Morgan fingerprint density at radius 1 is 1.31 bits per heavy atom. The van der Waals surface area contributed by atoms with Gasteiger partial charge in [0, 0.05) is 19.1 Å². The van der Waals surface area contributed by atoms with E-state index in [1.165, 1.54) is 19.4 Å². The first-order valence-electron chi connectivity index (χ1n) is 9.02. The molecule has 0 radical (unpaired) electrons. The molecule has 0 amide bonds. The number of nitrogens with zero attached hydrogens (tertiary/aromatic N) is 2. The molecule has 1 unspecified atom stereocenters. The van der Waals surface area contributed by atoms with Crippen LogP contribution in [0.25, 0.3) is 0 Å². The zero-order valence-corrected chi connectivity index (χ0v) is 18.7. The quantitative estimate of drug-likeness (QED) is 0.360. The number of piperidine rings is 1. The maximum absolute atomic E-state index is 6.03. The number of halogens is 1. The van der Waals surface area contributed by atoms with Crippen LogP contribution in [0.3, 0.4) is 0 Å². The summed E-state index contributed by atoms with van der Waals surface area (Å²) in [5.41, 5.74) is 7.06. The molecule has 1 aliphatic rings. The minimum atomic E-state index is 0. The first kappa shape index (κ1) is 22.8. The Bertz CT molecular complexity index is 581. The van der Waals surface area contributed by atoms with E-state index in [0.717, 1.165) is 18.7 Å². The summed E-state index contributed by atoms with van der Waals surface area (Å²) < 4.78 is 10.6. The summed E-state index contributed by atoms with van der Waals surface area (Å²) in [6.45, 7) is 8.25. The van der Waals surface area contributed by atoms with Crippen LogP contribution in [0.1, 0.15) is 32.3 Å². The highest BCUT2D eigenvalue weighted by atomic mass is 127. The lowest BCUT2D eigenvalue weighted by Gasteiger charge is -2.35. The molecule has 0 aliphatic carbocycles. The molecule has 1 fully saturated rings. The fraction of sp³-hybridized carbons (Fsp3) is 0.632. The monoisotopic (exact) mass is 476 g/mol. The second-order valence-electron chi connectivity index (χ2n) is 6.87. The lowest BCUT2D eigenvalue weighted by molar-refractivity contribution is 0.141. The zero-order chi connectivity index (χ0) is 18.2. The predicted molar refractivity (Wildman–Crippen MR) is 118 cm³/mol. The Morgan fingerprint density at radius 3 is 2.69 bits per heavy atom. The number of ether oxygens (including phenoxy) is 2. The highest BCUT2D eigenvalue weighted by molar-refractivity contribution is 14.0. The van der Waals surface area contributed by atoms with Crippen molar-refractivity contribution in [3.8, 4) is 11.5 Å². The van der Waals surface area contributed by atoms with Crippen molar-refractivity contribution in [3.63, 3.8) is 0 Å². The van der Waals surface area contributed by atoms with E-state index in [9.17, 15) is 0 Å². The molecule has 1 aliphatic heterocycles. The molecule has 148 valence electrons. The third kappa shape index (κ3) is 6.83. The molecule has 1 heterocycles. The molecule has 1 saturated heterocycles. The van der Waals surface area contributed by atoms with Gasteiger partial charge >= 0.3 is 0 Å². The van der Waals surface area contributed by atoms with Gasteiger partial charge in [0.1, 0.15) is 0 Å². The number of methoxy groups -OCH3 is 2. The van der Waals surface area contributed by atoms with Crippen molar-refractivity contribution in [1.82, 2.24) is 10.2 Å². The first-order chi connectivity index (χ1) is 12.0. The van der Waals surface area contributed by atoms with E-state index in [4.69, 9.17) is 15.2 Å². The minimum absolute atomic E-state index is 0. The average Bonchev–Trinajstić information content (AvgIpc) is 2.64. The van der Waals surface area contributed by atoms with E-state index in [-0.39, 0.29) is 24.0 Å². The van der Waals surface area contributed by atoms with Crippen LogP contribution < -0.4 is 20.5 Å². The van der Waals surface area contributed by atoms with Crippen LogP contribution >= 0.6 is 24.0 Å². The Hall–Kier alpha value is -1.22. The lowest BCUT2D eigenvalue weighted by atomic mass is 9.97. The van der Waals surface area contributed by atoms with Gasteiger partial charge in [0.15, 0.2) is 17.5 Å². The third-order valence-electron chi connectivity index (χ3n) is 4.73. The third-order valence-corrected chi connectivity index (χ3v) is 4.73. The van der Waals surface area contributed by atoms with Crippen LogP contribution in [0.2, 0.25) is 0 Å². The zero-order valence-electron chi connectivity index (χ0n) is 16.3. The van der Waals surface area contributed by atoms with E-state index in [1.807, 2.05) is 18.2 Å². The molecule has 1 aromatic rings. The summed E-state index contributed by atoms with van der Waals surface area (Å²) >= 11 is 0. The Morgan fingerprint density at radius 2 is 2.04 bits per heavy atom. The van der Waals surface area contributed by atoms with Crippen LogP contribution in [0, 0.1) is 5.92 Å². The molecule has 3 N–H and O–H groups in total. The van der Waals surface area contributed by atoms with Crippen molar-refractivity contribution in [1.29, 1.82) is 0 Å². The fourth-order valence-electron chi connectivity index (χ4n) is 3.19. The van der Waals surface area contributed by atoms with Gasteiger partial charge in [-0.25, -0.2) is 4.99 Å². The van der Waals surface area contributed by atoms with Gasteiger partial charge in [-0.2, -0.15) is 0 Å². The van der Waals surface area contributed by atoms with E-state index in [2.05, 4.69) is 29.1 Å². The summed E-state index contributed by atoms with van der Waals surface area (Å²) in [5, 5.41) is 3.28. The highest BCUT2D eigenvalue weighted by Gasteiger charge is 2.21. The minimum Gasteiger partial charge on any atom is -0.493 e. The van der Waals surface area contributed by atoms with Crippen LogP contribution in [0.4, 0.5) is 0 Å². The van der Waals surface area contributed by atoms with E-state index < -0.39 is 0 Å². The second-order valence-corrected chi connectivity index (χ2v) is 6.87. The molecule has 0 spiro atoms. The second kappa shape index (κ2) is 11.5. The van der Waals surface area contributed by atoms with Crippen molar-refractivity contribution in [2.24, 2.45) is 16.6 Å². The Labute approximate surface area is 174 Å². The maximum atomic E-state index is 6.03. The number of nitrogens with two attached hydrogens (primary N) is 1. The van der Waals surface area contributed by atoms with Crippen LogP contribution in [-0.2, 0) is 6.54 Å². The van der Waals surface area contributed by atoms with Crippen molar-refractivity contribution in [2.45, 2.75) is 39.3 Å². The predicted octanol–water partition coefficient (Wildman–Crippen LogP) is 2.85. The SMILES string of the molecule is COc1ccc(CN=C(N)NCC2CCCN(C(C)C)C2)cc1OC.I. The number of aliphatic imine (C=N–C) groups is 1. The number of benzene rings is 1. The largest absolute Gasteiger partial charge is 0.493 e. The van der Waals surface area contributed by atoms with E-state index in [0.29, 0.717) is 36.0 Å². The van der Waals surface area contributed by atoms with E-state index in [1.54, 1.807) is 14.2 Å². The van der Waals surface area contributed by atoms with Gasteiger partial charge in [-0.3, -0.25) is 0 Å². The molecular formula is C19H33IN4O2. The summed E-state index contributed by atoms with van der Waals surface area (Å²) in [6, 6.07) is 6.39. The van der Waals surface area contributed by atoms with Crippen molar-refractivity contribution >= 4 is 29.9 Å². The van der Waals surface area contributed by atoms with Gasteiger partial charge in [0.05, 0.1) is 20.8 Å². The lowest BCUT2D eigenvalue weighted by Crippen LogP contribution is -2.45. The first-order valence-corrected chi connectivity index (χ1v) is 9.02. The van der Waals surface area contributed by atoms with Gasteiger partial charge in [0.2, 0.25) is 0 Å². The molecule has 7 heteroatoms. The summed E-state index contributed by atoms with van der Waals surface area (Å²) in [7, 11) is 3.26. The van der Waals surface area contributed by atoms with Crippen molar-refractivity contribution in [3.05, 3.63) is 23.8 Å². The Kier molecular flexibility index (Phi) is 10.1. The van der Waals surface area contributed by atoms with Crippen LogP contribution in [0.15, 0.2) is 23.2 Å². The number of nitrogens with one attached hydrogen (secondary N) is 1. The summed E-state index contributed by atoms with van der Waals surface area (Å²) in [5.74, 6) is 2.55. The van der Waals surface area contributed by atoms with Crippen molar-refractivity contribution in [2.75, 3.05) is 33.9 Å². The smallest absolute Gasteiger partial charge is 0.188 e. The van der Waals surface area contributed by atoms with Crippen LogP contribution in [0.5, 0.6) is 11.5 Å². The van der Waals surface area contributed by atoms with Gasteiger partial charge in [-0.1, -0.05) is 6.07 Å². The highest BCUT2D eigenvalue weighted by Crippen LogP contribution is 2.27. The molecule has 1 aromatic carbocycles. The maximum Gasteiger partial charge on any atom is 0.188 e. The van der Waals surface area contributed by atoms with Gasteiger partial charge in [0.25, 0.3) is 0 Å². The number of likely N-dealkylation sites (tertiary alicyclic amines) is 1.